The van der Waals surface area contributed by atoms with Crippen LogP contribution in [0.15, 0.2) is 35.7 Å². The van der Waals surface area contributed by atoms with E-state index in [1.54, 1.807) is 11.3 Å². The van der Waals surface area contributed by atoms with Gasteiger partial charge in [-0.3, -0.25) is 4.79 Å². The second kappa shape index (κ2) is 6.54. The van der Waals surface area contributed by atoms with E-state index in [2.05, 4.69) is 5.32 Å². The van der Waals surface area contributed by atoms with Crippen LogP contribution < -0.4 is 10.1 Å². The van der Waals surface area contributed by atoms with Crippen molar-refractivity contribution in [3.8, 4) is 5.75 Å². The fraction of sp³-hybridized carbons (Fsp3) is 0.154. The van der Waals surface area contributed by atoms with Crippen molar-refractivity contribution in [1.82, 2.24) is 5.32 Å². The van der Waals surface area contributed by atoms with Crippen LogP contribution in [-0.4, -0.2) is 12.5 Å². The number of ether oxygens (including phenoxy) is 1. The molecule has 0 aliphatic carbocycles. The molecule has 0 fully saturated rings. The van der Waals surface area contributed by atoms with E-state index in [0.717, 1.165) is 4.88 Å². The van der Waals surface area contributed by atoms with Crippen LogP contribution in [0.3, 0.4) is 0 Å². The number of rotatable bonds is 5. The zero-order valence-corrected chi connectivity index (χ0v) is 11.4. The number of halogens is 2. The van der Waals surface area contributed by atoms with Gasteiger partial charge in [0.15, 0.2) is 6.61 Å². The SMILES string of the molecule is O=C(COc1ccc(F)c(Cl)c1)NCc1cccs1. The molecule has 0 aliphatic rings. The van der Waals surface area contributed by atoms with E-state index in [1.807, 2.05) is 17.5 Å². The predicted molar refractivity (Wildman–Crippen MR) is 73.1 cm³/mol. The molecule has 0 saturated heterocycles. The molecule has 1 aromatic heterocycles. The summed E-state index contributed by atoms with van der Waals surface area (Å²) >= 11 is 7.17. The predicted octanol–water partition coefficient (Wildman–Crippen LogP) is 3.24. The monoisotopic (exact) mass is 299 g/mol. The molecular formula is C13H11ClFNO2S. The first-order chi connectivity index (χ1) is 9.15. The smallest absolute Gasteiger partial charge is 0.258 e. The maximum absolute atomic E-state index is 12.9. The molecule has 19 heavy (non-hydrogen) atoms. The number of carbonyl (C=O) groups is 1. The molecule has 1 amide bonds. The van der Waals surface area contributed by atoms with Gasteiger partial charge in [-0.15, -0.1) is 11.3 Å². The minimum atomic E-state index is -0.517. The summed E-state index contributed by atoms with van der Waals surface area (Å²) in [5, 5.41) is 4.63. The van der Waals surface area contributed by atoms with E-state index in [-0.39, 0.29) is 17.5 Å². The van der Waals surface area contributed by atoms with Gasteiger partial charge in [0.25, 0.3) is 5.91 Å². The number of carbonyl (C=O) groups excluding carboxylic acids is 1. The number of hydrogen-bond donors (Lipinski definition) is 1. The highest BCUT2D eigenvalue weighted by molar-refractivity contribution is 7.09. The number of amides is 1. The van der Waals surface area contributed by atoms with Gasteiger partial charge in [0.05, 0.1) is 11.6 Å². The van der Waals surface area contributed by atoms with Crippen LogP contribution in [-0.2, 0) is 11.3 Å². The molecule has 0 saturated carbocycles. The molecule has 2 aromatic rings. The minimum Gasteiger partial charge on any atom is -0.484 e. The molecule has 0 atom stereocenters. The van der Waals surface area contributed by atoms with Crippen molar-refractivity contribution in [1.29, 1.82) is 0 Å². The van der Waals surface area contributed by atoms with E-state index in [4.69, 9.17) is 16.3 Å². The largest absolute Gasteiger partial charge is 0.484 e. The lowest BCUT2D eigenvalue weighted by atomic mass is 10.3. The van der Waals surface area contributed by atoms with Crippen LogP contribution in [0.1, 0.15) is 4.88 Å². The van der Waals surface area contributed by atoms with Crippen molar-refractivity contribution < 1.29 is 13.9 Å². The van der Waals surface area contributed by atoms with Crippen molar-refractivity contribution in [2.24, 2.45) is 0 Å². The summed E-state index contributed by atoms with van der Waals surface area (Å²) in [6.07, 6.45) is 0. The molecule has 1 aromatic carbocycles. The van der Waals surface area contributed by atoms with E-state index >= 15 is 0 Å². The summed E-state index contributed by atoms with van der Waals surface area (Å²) in [6.45, 7) is 0.345. The summed E-state index contributed by atoms with van der Waals surface area (Å²) in [5.41, 5.74) is 0. The fourth-order valence-corrected chi connectivity index (χ4v) is 2.18. The van der Waals surface area contributed by atoms with Crippen molar-refractivity contribution in [2.75, 3.05) is 6.61 Å². The molecule has 0 aliphatic heterocycles. The van der Waals surface area contributed by atoms with Crippen molar-refractivity contribution in [3.63, 3.8) is 0 Å². The topological polar surface area (TPSA) is 38.3 Å². The lowest BCUT2D eigenvalue weighted by Crippen LogP contribution is -2.28. The van der Waals surface area contributed by atoms with Crippen LogP contribution in [0, 0.1) is 5.82 Å². The first kappa shape index (κ1) is 13.8. The summed E-state index contributed by atoms with van der Waals surface area (Å²) in [7, 11) is 0. The summed E-state index contributed by atoms with van der Waals surface area (Å²) < 4.78 is 18.1. The maximum Gasteiger partial charge on any atom is 0.258 e. The van der Waals surface area contributed by atoms with E-state index < -0.39 is 5.82 Å². The van der Waals surface area contributed by atoms with E-state index in [9.17, 15) is 9.18 Å². The first-order valence-electron chi connectivity index (χ1n) is 5.52. The fourth-order valence-electron chi connectivity index (χ4n) is 1.37. The molecule has 1 heterocycles. The Hall–Kier alpha value is -1.59. The van der Waals surface area contributed by atoms with Gasteiger partial charge in [-0.25, -0.2) is 4.39 Å². The van der Waals surface area contributed by atoms with Gasteiger partial charge in [0, 0.05) is 10.9 Å². The molecule has 0 bridgehead atoms. The average molecular weight is 300 g/mol. The molecule has 1 N–H and O–H groups in total. The van der Waals surface area contributed by atoms with Crippen molar-refractivity contribution >= 4 is 28.8 Å². The highest BCUT2D eigenvalue weighted by Gasteiger charge is 2.05. The molecule has 3 nitrogen and oxygen atoms in total. The molecule has 0 unspecified atom stereocenters. The van der Waals surface area contributed by atoms with Gasteiger partial charge < -0.3 is 10.1 Å². The number of hydrogen-bond acceptors (Lipinski definition) is 3. The van der Waals surface area contributed by atoms with Gasteiger partial charge in [-0.1, -0.05) is 17.7 Å². The Morgan fingerprint density at radius 3 is 2.95 bits per heavy atom. The van der Waals surface area contributed by atoms with Gasteiger partial charge in [-0.2, -0.15) is 0 Å². The lowest BCUT2D eigenvalue weighted by Gasteiger charge is -2.07. The zero-order chi connectivity index (χ0) is 13.7. The van der Waals surface area contributed by atoms with E-state index in [1.165, 1.54) is 18.2 Å². The molecule has 6 heteroatoms. The summed E-state index contributed by atoms with van der Waals surface area (Å²) in [6, 6.07) is 7.81. The third-order valence-electron chi connectivity index (χ3n) is 2.30. The molecule has 0 radical (unpaired) electrons. The standard InChI is InChI=1S/C13H11ClFNO2S/c14-11-6-9(3-4-12(11)15)18-8-13(17)16-7-10-2-1-5-19-10/h1-6H,7-8H2,(H,16,17). The maximum atomic E-state index is 12.9. The van der Waals surface area contributed by atoms with Gasteiger partial charge >= 0.3 is 0 Å². The van der Waals surface area contributed by atoms with Crippen LogP contribution in [0.4, 0.5) is 4.39 Å². The Balaban J connectivity index is 1.78. The average Bonchev–Trinajstić information content (AvgIpc) is 2.91. The third kappa shape index (κ3) is 4.22. The second-order valence-corrected chi connectivity index (χ2v) is 5.16. The van der Waals surface area contributed by atoms with Gasteiger partial charge in [-0.05, 0) is 23.6 Å². The van der Waals surface area contributed by atoms with E-state index in [0.29, 0.717) is 12.3 Å². The normalized spacial score (nSPS) is 10.2. The van der Waals surface area contributed by atoms with Crippen LogP contribution in [0.2, 0.25) is 5.02 Å². The number of nitrogens with one attached hydrogen (secondary N) is 1. The van der Waals surface area contributed by atoms with Crippen LogP contribution in [0.25, 0.3) is 0 Å². The molecule has 0 spiro atoms. The first-order valence-corrected chi connectivity index (χ1v) is 6.78. The van der Waals surface area contributed by atoms with Gasteiger partial charge in [0.2, 0.25) is 0 Å². The molecular weight excluding hydrogens is 289 g/mol. The lowest BCUT2D eigenvalue weighted by molar-refractivity contribution is -0.123. The second-order valence-electron chi connectivity index (χ2n) is 3.72. The summed E-state index contributed by atoms with van der Waals surface area (Å²) in [5.74, 6) is -0.400. The Bertz CT molecular complexity index is 560. The highest BCUT2D eigenvalue weighted by Crippen LogP contribution is 2.20. The summed E-state index contributed by atoms with van der Waals surface area (Å²) in [4.78, 5) is 12.6. The highest BCUT2D eigenvalue weighted by atomic mass is 35.5. The third-order valence-corrected chi connectivity index (χ3v) is 3.47. The Morgan fingerprint density at radius 1 is 1.42 bits per heavy atom. The number of benzene rings is 1. The Kier molecular flexibility index (Phi) is 4.76. The van der Waals surface area contributed by atoms with Gasteiger partial charge in [0.1, 0.15) is 11.6 Å². The quantitative estimate of drug-likeness (QED) is 0.920. The van der Waals surface area contributed by atoms with Crippen LogP contribution >= 0.6 is 22.9 Å². The zero-order valence-electron chi connectivity index (χ0n) is 9.86. The van der Waals surface area contributed by atoms with Crippen molar-refractivity contribution in [3.05, 3.63) is 51.4 Å². The molecule has 100 valence electrons. The Morgan fingerprint density at radius 2 is 2.26 bits per heavy atom. The Labute approximate surface area is 119 Å². The minimum absolute atomic E-state index is 0.0310. The van der Waals surface area contributed by atoms with Crippen LogP contribution in [0.5, 0.6) is 5.75 Å². The molecule has 2 rings (SSSR count). The number of thiophene rings is 1. The van der Waals surface area contributed by atoms with Crippen molar-refractivity contribution in [2.45, 2.75) is 6.54 Å².